The van der Waals surface area contributed by atoms with Crippen molar-refractivity contribution in [3.8, 4) is 0 Å². The summed E-state index contributed by atoms with van der Waals surface area (Å²) in [5.41, 5.74) is 0. The van der Waals surface area contributed by atoms with Gasteiger partial charge in [-0.1, -0.05) is 6.07 Å². The van der Waals surface area contributed by atoms with Crippen molar-refractivity contribution in [1.82, 2.24) is 5.32 Å². The Kier molecular flexibility index (Phi) is 4.12. The van der Waals surface area contributed by atoms with Gasteiger partial charge in [0.25, 0.3) is 0 Å². The predicted molar refractivity (Wildman–Crippen MR) is 70.0 cm³/mol. The third-order valence-corrected chi connectivity index (χ3v) is 4.38. The second-order valence-corrected chi connectivity index (χ2v) is 6.00. The van der Waals surface area contributed by atoms with E-state index >= 15 is 0 Å². The Hall–Kier alpha value is -0.680. The van der Waals surface area contributed by atoms with Crippen LogP contribution in [0.25, 0.3) is 0 Å². The Morgan fingerprint density at radius 1 is 1.38 bits per heavy atom. The molecule has 0 saturated carbocycles. The third kappa shape index (κ3) is 2.92. The van der Waals surface area contributed by atoms with Crippen LogP contribution in [-0.4, -0.2) is 11.7 Å². The maximum absolute atomic E-state index is 9.36. The molecule has 0 aliphatic heterocycles. The molecule has 0 radical (unpaired) electrons. The van der Waals surface area contributed by atoms with Gasteiger partial charge < -0.3 is 10.4 Å². The molecule has 86 valence electrons. The molecule has 0 aromatic carbocycles. The van der Waals surface area contributed by atoms with E-state index in [9.17, 15) is 5.11 Å². The van der Waals surface area contributed by atoms with E-state index in [-0.39, 0.29) is 12.6 Å². The van der Waals surface area contributed by atoms with Crippen molar-refractivity contribution in [2.24, 2.45) is 0 Å². The van der Waals surface area contributed by atoms with Gasteiger partial charge in [-0.05, 0) is 30.5 Å². The van der Waals surface area contributed by atoms with Crippen LogP contribution in [0.2, 0.25) is 0 Å². The lowest BCUT2D eigenvalue weighted by Crippen LogP contribution is -2.22. The maximum atomic E-state index is 9.36. The molecule has 0 spiro atoms. The van der Waals surface area contributed by atoms with Crippen molar-refractivity contribution in [2.75, 3.05) is 6.61 Å². The van der Waals surface area contributed by atoms with E-state index in [0.29, 0.717) is 0 Å². The number of thiophene rings is 2. The molecule has 16 heavy (non-hydrogen) atoms. The maximum Gasteiger partial charge on any atom is 0.0652 e. The Morgan fingerprint density at radius 2 is 2.25 bits per heavy atom. The monoisotopic (exact) mass is 253 g/mol. The van der Waals surface area contributed by atoms with Gasteiger partial charge in [0.05, 0.1) is 12.6 Å². The first-order valence-corrected chi connectivity index (χ1v) is 6.92. The fraction of sp³-hybridized carbons (Fsp3) is 0.333. The summed E-state index contributed by atoms with van der Waals surface area (Å²) in [5.74, 6) is 0. The summed E-state index contributed by atoms with van der Waals surface area (Å²) in [6.45, 7) is 3.05. The highest BCUT2D eigenvalue weighted by molar-refractivity contribution is 7.12. The standard InChI is InChI=1S/C12H15NOS2/c1-9-4-5-12(16-9)11(8-14)13-7-10-3-2-6-15-10/h2-6,11,13-14H,7-8H2,1H3. The normalized spacial score (nSPS) is 12.9. The zero-order valence-electron chi connectivity index (χ0n) is 9.14. The van der Waals surface area contributed by atoms with Crippen molar-refractivity contribution in [3.05, 3.63) is 44.3 Å². The Bertz CT molecular complexity index is 422. The minimum atomic E-state index is 0.0563. The van der Waals surface area contributed by atoms with Gasteiger partial charge in [-0.3, -0.25) is 0 Å². The van der Waals surface area contributed by atoms with E-state index in [1.165, 1.54) is 14.6 Å². The van der Waals surface area contributed by atoms with Gasteiger partial charge in [0.2, 0.25) is 0 Å². The second-order valence-electron chi connectivity index (χ2n) is 3.64. The summed E-state index contributed by atoms with van der Waals surface area (Å²) in [5, 5.41) is 14.8. The van der Waals surface area contributed by atoms with Gasteiger partial charge in [0.15, 0.2) is 0 Å². The highest BCUT2D eigenvalue weighted by Crippen LogP contribution is 2.23. The summed E-state index contributed by atoms with van der Waals surface area (Å²) in [6, 6.07) is 8.38. The van der Waals surface area contributed by atoms with Crippen molar-refractivity contribution in [2.45, 2.75) is 19.5 Å². The van der Waals surface area contributed by atoms with Crippen LogP contribution >= 0.6 is 22.7 Å². The quantitative estimate of drug-likeness (QED) is 0.858. The zero-order chi connectivity index (χ0) is 11.4. The van der Waals surface area contributed by atoms with Gasteiger partial charge in [0, 0.05) is 21.2 Å². The summed E-state index contributed by atoms with van der Waals surface area (Å²) < 4.78 is 0. The van der Waals surface area contributed by atoms with Crippen molar-refractivity contribution < 1.29 is 5.11 Å². The number of aryl methyl sites for hydroxylation is 1. The van der Waals surface area contributed by atoms with Gasteiger partial charge in [-0.25, -0.2) is 0 Å². The molecular weight excluding hydrogens is 238 g/mol. The molecule has 2 nitrogen and oxygen atoms in total. The molecule has 0 saturated heterocycles. The van der Waals surface area contributed by atoms with Crippen LogP contribution in [0.1, 0.15) is 20.7 Å². The van der Waals surface area contributed by atoms with E-state index in [1.807, 2.05) is 6.07 Å². The number of nitrogens with one attached hydrogen (secondary N) is 1. The van der Waals surface area contributed by atoms with Crippen LogP contribution in [-0.2, 0) is 6.54 Å². The molecule has 0 aliphatic rings. The predicted octanol–water partition coefficient (Wildman–Crippen LogP) is 2.94. The van der Waals surface area contributed by atoms with Gasteiger partial charge in [-0.15, -0.1) is 22.7 Å². The van der Waals surface area contributed by atoms with E-state index in [0.717, 1.165) is 6.54 Å². The minimum Gasteiger partial charge on any atom is -0.394 e. The van der Waals surface area contributed by atoms with Crippen LogP contribution in [0, 0.1) is 6.92 Å². The molecule has 2 aromatic heterocycles. The lowest BCUT2D eigenvalue weighted by molar-refractivity contribution is 0.246. The van der Waals surface area contributed by atoms with E-state index < -0.39 is 0 Å². The summed E-state index contributed by atoms with van der Waals surface area (Å²) in [4.78, 5) is 3.79. The lowest BCUT2D eigenvalue weighted by atomic mass is 10.2. The Balaban J connectivity index is 1.96. The number of hydrogen-bond acceptors (Lipinski definition) is 4. The molecule has 0 amide bonds. The van der Waals surface area contributed by atoms with Crippen LogP contribution in [0.15, 0.2) is 29.6 Å². The zero-order valence-corrected chi connectivity index (χ0v) is 10.8. The van der Waals surface area contributed by atoms with Crippen LogP contribution < -0.4 is 5.32 Å². The van der Waals surface area contributed by atoms with Crippen LogP contribution in [0.5, 0.6) is 0 Å². The van der Waals surface area contributed by atoms with E-state index in [1.54, 1.807) is 22.7 Å². The molecule has 0 bridgehead atoms. The first-order chi connectivity index (χ1) is 7.79. The minimum absolute atomic E-state index is 0.0563. The molecule has 0 aliphatic carbocycles. The van der Waals surface area contributed by atoms with Crippen LogP contribution in [0.4, 0.5) is 0 Å². The molecule has 2 rings (SSSR count). The van der Waals surface area contributed by atoms with E-state index in [4.69, 9.17) is 0 Å². The molecule has 0 fully saturated rings. The third-order valence-electron chi connectivity index (χ3n) is 2.39. The first-order valence-electron chi connectivity index (χ1n) is 5.22. The topological polar surface area (TPSA) is 32.3 Å². The lowest BCUT2D eigenvalue weighted by Gasteiger charge is -2.13. The highest BCUT2D eigenvalue weighted by Gasteiger charge is 2.11. The molecule has 2 heterocycles. The van der Waals surface area contributed by atoms with Crippen LogP contribution in [0.3, 0.4) is 0 Å². The average molecular weight is 253 g/mol. The molecular formula is C12H15NOS2. The number of hydrogen-bond donors (Lipinski definition) is 2. The molecule has 1 atom stereocenters. The summed E-state index contributed by atoms with van der Waals surface area (Å²) in [7, 11) is 0. The molecule has 2 aromatic rings. The van der Waals surface area contributed by atoms with Gasteiger partial charge >= 0.3 is 0 Å². The first kappa shape index (κ1) is 11.8. The molecule has 2 N–H and O–H groups in total. The summed E-state index contributed by atoms with van der Waals surface area (Å²) in [6.07, 6.45) is 0. The van der Waals surface area contributed by atoms with Crippen molar-refractivity contribution in [3.63, 3.8) is 0 Å². The second kappa shape index (κ2) is 5.59. The van der Waals surface area contributed by atoms with Gasteiger partial charge in [0.1, 0.15) is 0 Å². The van der Waals surface area contributed by atoms with Gasteiger partial charge in [-0.2, -0.15) is 0 Å². The highest BCUT2D eigenvalue weighted by atomic mass is 32.1. The average Bonchev–Trinajstić information content (AvgIpc) is 2.91. The SMILES string of the molecule is Cc1ccc(C(CO)NCc2cccs2)s1. The fourth-order valence-electron chi connectivity index (χ4n) is 1.53. The largest absolute Gasteiger partial charge is 0.394 e. The fourth-order valence-corrected chi connectivity index (χ4v) is 3.13. The van der Waals surface area contributed by atoms with E-state index in [2.05, 4.69) is 35.8 Å². The molecule has 1 unspecified atom stereocenters. The summed E-state index contributed by atoms with van der Waals surface area (Å²) >= 11 is 3.47. The number of aliphatic hydroxyl groups excluding tert-OH is 1. The molecule has 4 heteroatoms. The number of aliphatic hydroxyl groups is 1. The number of rotatable bonds is 5. The smallest absolute Gasteiger partial charge is 0.0652 e. The van der Waals surface area contributed by atoms with Crippen molar-refractivity contribution >= 4 is 22.7 Å². The Morgan fingerprint density at radius 3 is 2.81 bits per heavy atom. The van der Waals surface area contributed by atoms with Crippen molar-refractivity contribution in [1.29, 1.82) is 0 Å². The Labute approximate surface area is 104 Å².